The molecule has 2 saturated heterocycles. The Morgan fingerprint density at radius 1 is 1.20 bits per heavy atom. The highest BCUT2D eigenvalue weighted by atomic mass is 16.3. The minimum absolute atomic E-state index is 0.0382. The molecule has 3 atom stereocenters. The Balaban J connectivity index is 2.13. The summed E-state index contributed by atoms with van der Waals surface area (Å²) in [6.07, 6.45) is 4.71. The van der Waals surface area contributed by atoms with Crippen LogP contribution in [0.3, 0.4) is 0 Å². The fraction of sp³-hybridized carbons (Fsp3) is 1.00. The summed E-state index contributed by atoms with van der Waals surface area (Å²) in [4.78, 5) is 2.36. The Kier molecular flexibility index (Phi) is 1.46. The molecule has 0 aromatic heterocycles. The zero-order valence-electron chi connectivity index (χ0n) is 6.45. The van der Waals surface area contributed by atoms with Crippen molar-refractivity contribution >= 4 is 0 Å². The van der Waals surface area contributed by atoms with Crippen LogP contribution in [0.25, 0.3) is 0 Å². The van der Waals surface area contributed by atoms with Crippen LogP contribution in [0.5, 0.6) is 0 Å². The number of fused-ring (bicyclic) bond motifs is 2. The molecule has 0 aromatic rings. The minimum Gasteiger partial charge on any atom is -0.391 e. The number of piperidine rings is 1. The molecule has 2 heteroatoms. The lowest BCUT2D eigenvalue weighted by atomic mass is 10.0. The first-order valence-electron chi connectivity index (χ1n) is 4.19. The summed E-state index contributed by atoms with van der Waals surface area (Å²) in [7, 11) is 2.14. The van der Waals surface area contributed by atoms with Gasteiger partial charge in [0.05, 0.1) is 6.10 Å². The molecule has 2 heterocycles. The van der Waals surface area contributed by atoms with E-state index in [4.69, 9.17) is 0 Å². The van der Waals surface area contributed by atoms with Crippen molar-refractivity contribution < 1.29 is 5.11 Å². The summed E-state index contributed by atoms with van der Waals surface area (Å²) in [5, 5.41) is 9.52. The Morgan fingerprint density at radius 2 is 1.90 bits per heavy atom. The standard InChI is InChI=1S/C8H15NO/c1-9-6-2-4-7(9)8(10)5-3-6/h6-8,10H,2-5H2,1H3/t6-,7+,8?/m1/s1. The second-order valence-corrected chi connectivity index (χ2v) is 3.61. The number of nitrogens with zero attached hydrogens (tertiary/aromatic N) is 1. The molecule has 2 aliphatic rings. The topological polar surface area (TPSA) is 23.5 Å². The van der Waals surface area contributed by atoms with Crippen molar-refractivity contribution in [3.05, 3.63) is 0 Å². The first-order chi connectivity index (χ1) is 4.79. The number of likely N-dealkylation sites (N-methyl/N-ethyl adjacent to an activating group) is 1. The second kappa shape index (κ2) is 2.21. The molecule has 1 unspecified atom stereocenters. The van der Waals surface area contributed by atoms with Crippen molar-refractivity contribution in [2.24, 2.45) is 0 Å². The van der Waals surface area contributed by atoms with Crippen molar-refractivity contribution in [3.63, 3.8) is 0 Å². The van der Waals surface area contributed by atoms with E-state index in [0.717, 1.165) is 12.5 Å². The van der Waals surface area contributed by atoms with E-state index in [1.807, 2.05) is 0 Å². The van der Waals surface area contributed by atoms with Crippen molar-refractivity contribution in [1.82, 2.24) is 4.90 Å². The largest absolute Gasteiger partial charge is 0.391 e. The van der Waals surface area contributed by atoms with E-state index in [-0.39, 0.29) is 6.10 Å². The Morgan fingerprint density at radius 3 is 2.60 bits per heavy atom. The molecule has 0 radical (unpaired) electrons. The molecule has 0 amide bonds. The maximum atomic E-state index is 9.52. The molecule has 58 valence electrons. The highest BCUT2D eigenvalue weighted by Crippen LogP contribution is 2.33. The highest BCUT2D eigenvalue weighted by molar-refractivity contribution is 4.94. The third-order valence-electron chi connectivity index (χ3n) is 3.13. The molecule has 0 saturated carbocycles. The van der Waals surface area contributed by atoms with Gasteiger partial charge in [0, 0.05) is 12.1 Å². The van der Waals surface area contributed by atoms with Crippen molar-refractivity contribution in [1.29, 1.82) is 0 Å². The molecule has 2 nitrogen and oxygen atoms in total. The van der Waals surface area contributed by atoms with Crippen LogP contribution in [0.2, 0.25) is 0 Å². The van der Waals surface area contributed by atoms with Gasteiger partial charge in [0.1, 0.15) is 0 Å². The lowest BCUT2D eigenvalue weighted by Crippen LogP contribution is -2.44. The molecular formula is C8H15NO. The number of rotatable bonds is 0. The van der Waals surface area contributed by atoms with Gasteiger partial charge in [-0.25, -0.2) is 0 Å². The fourth-order valence-electron chi connectivity index (χ4n) is 2.41. The number of hydrogen-bond acceptors (Lipinski definition) is 2. The minimum atomic E-state index is -0.0382. The van der Waals surface area contributed by atoms with Gasteiger partial charge in [-0.2, -0.15) is 0 Å². The van der Waals surface area contributed by atoms with Crippen LogP contribution in [-0.4, -0.2) is 35.2 Å². The molecule has 2 bridgehead atoms. The first-order valence-corrected chi connectivity index (χ1v) is 4.19. The van der Waals surface area contributed by atoms with Crippen LogP contribution >= 0.6 is 0 Å². The van der Waals surface area contributed by atoms with E-state index in [0.29, 0.717) is 6.04 Å². The summed E-state index contributed by atoms with van der Waals surface area (Å²) < 4.78 is 0. The van der Waals surface area contributed by atoms with Gasteiger partial charge in [-0.15, -0.1) is 0 Å². The Bertz CT molecular complexity index is 137. The van der Waals surface area contributed by atoms with E-state index >= 15 is 0 Å². The van der Waals surface area contributed by atoms with Crippen LogP contribution in [0.15, 0.2) is 0 Å². The van der Waals surface area contributed by atoms with Crippen molar-refractivity contribution in [2.75, 3.05) is 7.05 Å². The molecule has 10 heavy (non-hydrogen) atoms. The average Bonchev–Trinajstić information content (AvgIpc) is 2.13. The molecule has 0 aromatic carbocycles. The summed E-state index contributed by atoms with van der Waals surface area (Å²) in [6, 6.07) is 1.27. The van der Waals surface area contributed by atoms with Gasteiger partial charge in [-0.05, 0) is 32.7 Å². The van der Waals surface area contributed by atoms with Gasteiger partial charge < -0.3 is 5.11 Å². The van der Waals surface area contributed by atoms with Gasteiger partial charge in [0.2, 0.25) is 0 Å². The Labute approximate surface area is 61.8 Å². The summed E-state index contributed by atoms with van der Waals surface area (Å²) in [5.74, 6) is 0. The number of aliphatic hydroxyl groups is 1. The summed E-state index contributed by atoms with van der Waals surface area (Å²) in [6.45, 7) is 0. The highest BCUT2D eigenvalue weighted by Gasteiger charge is 2.38. The van der Waals surface area contributed by atoms with E-state index in [2.05, 4.69) is 11.9 Å². The molecule has 2 aliphatic heterocycles. The van der Waals surface area contributed by atoms with Crippen molar-refractivity contribution in [2.45, 2.75) is 43.9 Å². The van der Waals surface area contributed by atoms with Crippen LogP contribution in [0.4, 0.5) is 0 Å². The van der Waals surface area contributed by atoms with Gasteiger partial charge in [-0.1, -0.05) is 0 Å². The first kappa shape index (κ1) is 6.62. The number of aliphatic hydroxyl groups excluding tert-OH is 1. The van der Waals surface area contributed by atoms with Crippen LogP contribution in [-0.2, 0) is 0 Å². The fourth-order valence-corrected chi connectivity index (χ4v) is 2.41. The van der Waals surface area contributed by atoms with Crippen molar-refractivity contribution in [3.8, 4) is 0 Å². The summed E-state index contributed by atoms with van der Waals surface area (Å²) >= 11 is 0. The normalized spacial score (nSPS) is 48.0. The molecule has 1 N–H and O–H groups in total. The SMILES string of the molecule is CN1[C@H]2CCC(O)[C@@H]1CC2. The smallest absolute Gasteiger partial charge is 0.0696 e. The predicted octanol–water partition coefficient (Wildman–Crippen LogP) is 0.604. The lowest BCUT2D eigenvalue weighted by molar-refractivity contribution is 0.0294. The van der Waals surface area contributed by atoms with Crippen LogP contribution in [0.1, 0.15) is 25.7 Å². The summed E-state index contributed by atoms with van der Waals surface area (Å²) in [5.41, 5.74) is 0. The molecule has 2 rings (SSSR count). The quantitative estimate of drug-likeness (QED) is 0.534. The zero-order chi connectivity index (χ0) is 7.14. The Hall–Kier alpha value is -0.0800. The molecule has 2 fully saturated rings. The van der Waals surface area contributed by atoms with Gasteiger partial charge in [0.15, 0.2) is 0 Å². The number of hydrogen-bond donors (Lipinski definition) is 1. The average molecular weight is 141 g/mol. The maximum absolute atomic E-state index is 9.52. The second-order valence-electron chi connectivity index (χ2n) is 3.61. The molecular weight excluding hydrogens is 126 g/mol. The monoisotopic (exact) mass is 141 g/mol. The van der Waals surface area contributed by atoms with Crippen LogP contribution in [0, 0.1) is 0 Å². The third-order valence-corrected chi connectivity index (χ3v) is 3.13. The molecule has 0 spiro atoms. The van der Waals surface area contributed by atoms with Gasteiger partial charge in [-0.3, -0.25) is 4.90 Å². The zero-order valence-corrected chi connectivity index (χ0v) is 6.45. The third kappa shape index (κ3) is 0.789. The molecule has 0 aliphatic carbocycles. The van der Waals surface area contributed by atoms with E-state index in [1.165, 1.54) is 19.3 Å². The van der Waals surface area contributed by atoms with E-state index in [9.17, 15) is 5.11 Å². The van der Waals surface area contributed by atoms with E-state index < -0.39 is 0 Å². The predicted molar refractivity (Wildman–Crippen MR) is 39.8 cm³/mol. The van der Waals surface area contributed by atoms with Crippen LogP contribution < -0.4 is 0 Å². The maximum Gasteiger partial charge on any atom is 0.0696 e. The van der Waals surface area contributed by atoms with Gasteiger partial charge >= 0.3 is 0 Å². The van der Waals surface area contributed by atoms with Gasteiger partial charge in [0.25, 0.3) is 0 Å². The lowest BCUT2D eigenvalue weighted by Gasteiger charge is -2.34. The van der Waals surface area contributed by atoms with E-state index in [1.54, 1.807) is 0 Å².